The summed E-state index contributed by atoms with van der Waals surface area (Å²) < 4.78 is 45.6. The number of carbonyl (C=O) groups is 1. The van der Waals surface area contributed by atoms with Gasteiger partial charge in [0, 0.05) is 45.0 Å². The predicted molar refractivity (Wildman–Crippen MR) is 144 cm³/mol. The maximum Gasteiger partial charge on any atom is 0.248 e. The highest BCUT2D eigenvalue weighted by atomic mass is 19.2. The van der Waals surface area contributed by atoms with E-state index in [0.29, 0.717) is 32.8 Å². The van der Waals surface area contributed by atoms with Crippen LogP contribution < -0.4 is 9.47 Å². The van der Waals surface area contributed by atoms with Gasteiger partial charge in [0.25, 0.3) is 0 Å². The molecule has 2 heterocycles. The first-order chi connectivity index (χ1) is 19.1. The Bertz CT molecular complexity index is 1300. The Morgan fingerprint density at radius 2 is 1.82 bits per heavy atom. The van der Waals surface area contributed by atoms with Gasteiger partial charge in [0.1, 0.15) is 36.9 Å². The summed E-state index contributed by atoms with van der Waals surface area (Å²) in [5.74, 6) is -1.47. The number of aryl methyl sites for hydroxylation is 2. The second-order valence-electron chi connectivity index (χ2n) is 10.2. The average molecular weight is 559 g/mol. The van der Waals surface area contributed by atoms with E-state index in [9.17, 15) is 18.7 Å². The summed E-state index contributed by atoms with van der Waals surface area (Å²) in [6.07, 6.45) is 0. The Morgan fingerprint density at radius 3 is 2.55 bits per heavy atom. The molecule has 0 aliphatic carbocycles. The number of carbonyl (C=O) groups excluding carboxylic acids is 1. The minimum Gasteiger partial charge on any atom is -0.492 e. The highest BCUT2D eigenvalue weighted by Gasteiger charge is 2.37. The highest BCUT2D eigenvalue weighted by molar-refractivity contribution is 5.77. The summed E-state index contributed by atoms with van der Waals surface area (Å²) >= 11 is 0. The van der Waals surface area contributed by atoms with Crippen molar-refractivity contribution in [2.24, 2.45) is 0 Å². The van der Waals surface area contributed by atoms with Gasteiger partial charge >= 0.3 is 0 Å². The third kappa shape index (κ3) is 8.00. The quantitative estimate of drug-likeness (QED) is 0.387. The van der Waals surface area contributed by atoms with Crippen LogP contribution in [0.25, 0.3) is 0 Å². The molecule has 9 nitrogen and oxygen atoms in total. The molecule has 1 amide bonds. The van der Waals surface area contributed by atoms with Crippen LogP contribution in [0.2, 0.25) is 0 Å². The van der Waals surface area contributed by atoms with Crippen LogP contribution in [-0.4, -0.2) is 89.3 Å². The number of benzene rings is 2. The molecule has 2 aromatic carbocycles. The van der Waals surface area contributed by atoms with Crippen LogP contribution in [-0.2, 0) is 22.6 Å². The van der Waals surface area contributed by atoms with Gasteiger partial charge in [0.15, 0.2) is 11.6 Å². The van der Waals surface area contributed by atoms with Crippen molar-refractivity contribution in [3.05, 3.63) is 77.1 Å². The van der Waals surface area contributed by atoms with Crippen LogP contribution in [0.5, 0.6) is 11.5 Å². The molecular weight excluding hydrogens is 522 g/mol. The minimum atomic E-state index is -1.47. The number of β-amino-alcohol motifs (C(OH)–C–C–N with tert-alkyl or cyclic N) is 1. The summed E-state index contributed by atoms with van der Waals surface area (Å²) in [4.78, 5) is 16.2. The number of ether oxygens (including phenoxy) is 3. The van der Waals surface area contributed by atoms with Crippen molar-refractivity contribution in [1.82, 2.24) is 19.6 Å². The average Bonchev–Trinajstić information content (AvgIpc) is 3.13. The van der Waals surface area contributed by atoms with E-state index in [1.807, 2.05) is 53.8 Å². The molecular formula is C29H36F2N4O5. The SMILES string of the molecule is COCC(=O)N1CCN(Cc2cccc(OCCn3nc(C)cc3C)c2)C[C@@](O)(COc2ccc(F)c(F)c2)C1. The van der Waals surface area contributed by atoms with E-state index in [1.165, 1.54) is 18.1 Å². The zero-order valence-corrected chi connectivity index (χ0v) is 23.1. The lowest BCUT2D eigenvalue weighted by Crippen LogP contribution is -2.52. The lowest BCUT2D eigenvalue weighted by Gasteiger charge is -2.33. The Labute approximate surface area is 232 Å². The van der Waals surface area contributed by atoms with Crippen molar-refractivity contribution < 1.29 is 32.9 Å². The molecule has 0 spiro atoms. The molecule has 0 bridgehead atoms. The van der Waals surface area contributed by atoms with E-state index in [-0.39, 0.29) is 38.0 Å². The van der Waals surface area contributed by atoms with Gasteiger partial charge in [-0.25, -0.2) is 8.78 Å². The van der Waals surface area contributed by atoms with Crippen LogP contribution in [0, 0.1) is 25.5 Å². The number of rotatable bonds is 11. The molecule has 1 aliphatic rings. The smallest absolute Gasteiger partial charge is 0.248 e. The second kappa shape index (κ2) is 13.2. The van der Waals surface area contributed by atoms with Crippen molar-refractivity contribution in [1.29, 1.82) is 0 Å². The Balaban J connectivity index is 1.42. The van der Waals surface area contributed by atoms with Crippen LogP contribution in [0.4, 0.5) is 8.78 Å². The van der Waals surface area contributed by atoms with Gasteiger partial charge in [-0.15, -0.1) is 0 Å². The zero-order valence-electron chi connectivity index (χ0n) is 23.1. The molecule has 3 aromatic rings. The summed E-state index contributed by atoms with van der Waals surface area (Å²) in [7, 11) is 1.44. The third-order valence-electron chi connectivity index (χ3n) is 6.69. The summed E-state index contributed by atoms with van der Waals surface area (Å²) in [6.45, 7) is 6.31. The van der Waals surface area contributed by atoms with E-state index in [4.69, 9.17) is 14.2 Å². The fourth-order valence-electron chi connectivity index (χ4n) is 4.82. The van der Waals surface area contributed by atoms with Gasteiger partial charge in [-0.05, 0) is 49.7 Å². The van der Waals surface area contributed by atoms with Crippen molar-refractivity contribution in [3.8, 4) is 11.5 Å². The van der Waals surface area contributed by atoms with Gasteiger partial charge in [-0.3, -0.25) is 14.4 Å². The molecule has 0 saturated carbocycles. The second-order valence-corrected chi connectivity index (χ2v) is 10.2. The molecule has 11 heteroatoms. The number of amides is 1. The van der Waals surface area contributed by atoms with Gasteiger partial charge in [0.2, 0.25) is 5.91 Å². The molecule has 40 heavy (non-hydrogen) atoms. The van der Waals surface area contributed by atoms with Gasteiger partial charge < -0.3 is 24.2 Å². The van der Waals surface area contributed by atoms with Crippen LogP contribution in [0.15, 0.2) is 48.5 Å². The van der Waals surface area contributed by atoms with E-state index in [2.05, 4.69) is 5.10 Å². The molecule has 1 aliphatic heterocycles. The number of hydrogen-bond donors (Lipinski definition) is 1. The standard InChI is InChI=1S/C29H36F2N4O5/c1-21-13-22(2)35(32-21)11-12-39-24-6-4-5-23(14-24)16-33-9-10-34(28(36)17-38-3)19-29(37,18-33)20-40-25-7-8-26(30)27(31)15-25/h4-8,13-15,37H,9-12,16-20H2,1-3H3/t29-/m0/s1. The fraction of sp³-hybridized carbons (Fsp3) is 0.448. The Hall–Kier alpha value is -3.54. The first kappa shape index (κ1) is 29.4. The molecule has 1 fully saturated rings. The van der Waals surface area contributed by atoms with Crippen LogP contribution in [0.3, 0.4) is 0 Å². The highest BCUT2D eigenvalue weighted by Crippen LogP contribution is 2.22. The first-order valence-electron chi connectivity index (χ1n) is 13.2. The number of halogens is 2. The lowest BCUT2D eigenvalue weighted by atomic mass is 10.0. The number of aliphatic hydroxyl groups is 1. The van der Waals surface area contributed by atoms with Gasteiger partial charge in [-0.2, -0.15) is 5.10 Å². The van der Waals surface area contributed by atoms with Gasteiger partial charge in [0.05, 0.1) is 18.8 Å². The minimum absolute atomic E-state index is 0.00480. The molecule has 1 N–H and O–H groups in total. The van der Waals surface area contributed by atoms with E-state index < -0.39 is 17.2 Å². The van der Waals surface area contributed by atoms with E-state index in [0.717, 1.165) is 34.8 Å². The van der Waals surface area contributed by atoms with Crippen molar-refractivity contribution in [2.45, 2.75) is 32.5 Å². The number of methoxy groups -OCH3 is 1. The maximum absolute atomic E-state index is 13.7. The van der Waals surface area contributed by atoms with Crippen LogP contribution >= 0.6 is 0 Å². The number of hydrogen-bond acceptors (Lipinski definition) is 7. The van der Waals surface area contributed by atoms with E-state index >= 15 is 0 Å². The Morgan fingerprint density at radius 1 is 1.02 bits per heavy atom. The van der Waals surface area contributed by atoms with Crippen molar-refractivity contribution in [3.63, 3.8) is 0 Å². The molecule has 0 unspecified atom stereocenters. The molecule has 0 radical (unpaired) electrons. The molecule has 1 saturated heterocycles. The summed E-state index contributed by atoms with van der Waals surface area (Å²) in [6, 6.07) is 13.0. The molecule has 216 valence electrons. The molecule has 4 rings (SSSR count). The van der Waals surface area contributed by atoms with Gasteiger partial charge in [-0.1, -0.05) is 12.1 Å². The van der Waals surface area contributed by atoms with Crippen LogP contribution in [0.1, 0.15) is 17.0 Å². The molecule has 1 aromatic heterocycles. The number of nitrogens with zero attached hydrogens (tertiary/aromatic N) is 4. The monoisotopic (exact) mass is 558 g/mol. The summed E-state index contributed by atoms with van der Waals surface area (Å²) in [5, 5.41) is 16.0. The predicted octanol–water partition coefficient (Wildman–Crippen LogP) is 2.96. The van der Waals surface area contributed by atoms with Crippen molar-refractivity contribution in [2.75, 3.05) is 53.1 Å². The largest absolute Gasteiger partial charge is 0.492 e. The summed E-state index contributed by atoms with van der Waals surface area (Å²) in [5.41, 5.74) is 1.55. The lowest BCUT2D eigenvalue weighted by molar-refractivity contribution is -0.138. The fourth-order valence-corrected chi connectivity index (χ4v) is 4.82. The third-order valence-corrected chi connectivity index (χ3v) is 6.69. The zero-order chi connectivity index (χ0) is 28.7. The van der Waals surface area contributed by atoms with E-state index in [1.54, 1.807) is 0 Å². The molecule has 1 atom stereocenters. The topological polar surface area (TPSA) is 89.3 Å². The first-order valence-corrected chi connectivity index (χ1v) is 13.2. The maximum atomic E-state index is 13.7. The van der Waals surface area contributed by atoms with Crippen molar-refractivity contribution >= 4 is 5.91 Å². The Kier molecular flexibility index (Phi) is 9.72. The normalized spacial score (nSPS) is 18.0. The number of aromatic nitrogens is 2.